The van der Waals surface area contributed by atoms with Gasteiger partial charge in [0, 0.05) is 4.79 Å². The van der Waals surface area contributed by atoms with E-state index in [1.54, 1.807) is 0 Å². The maximum atomic E-state index is 9.90. The predicted octanol–water partition coefficient (Wildman–Crippen LogP) is -0.870. The monoisotopic (exact) mass is 142 g/mol. The van der Waals surface area contributed by atoms with Gasteiger partial charge in [-0.1, -0.05) is 0 Å². The molecule has 0 radical (unpaired) electrons. The number of aldehydes is 1. The lowest BCUT2D eigenvalue weighted by Gasteiger charge is -1.84. The van der Waals surface area contributed by atoms with Crippen LogP contribution in [0.25, 0.3) is 0 Å². The quantitative estimate of drug-likeness (QED) is 0.304. The number of carbonyl (C=O) groups excluding carboxylic acids is 1. The summed E-state index contributed by atoms with van der Waals surface area (Å²) in [5, 5.41) is 15.3. The first-order valence-corrected chi connectivity index (χ1v) is 2.26. The lowest BCUT2D eigenvalue weighted by Crippen LogP contribution is -2.08. The Balaban J connectivity index is 2.98. The average Bonchev–Trinajstić information content (AvgIpc) is 2.34. The Labute approximate surface area is 54.4 Å². The SMILES string of the molecule is O=Cc1cn([N+](=O)[O-])nn1. The highest BCUT2D eigenvalue weighted by atomic mass is 16.7. The van der Waals surface area contributed by atoms with Crippen molar-refractivity contribution >= 4 is 6.29 Å². The molecule has 0 fully saturated rings. The molecular formula is C3H2N4O3. The van der Waals surface area contributed by atoms with Crippen LogP contribution in [-0.2, 0) is 0 Å². The van der Waals surface area contributed by atoms with Crippen molar-refractivity contribution in [2.24, 2.45) is 0 Å². The van der Waals surface area contributed by atoms with Gasteiger partial charge < -0.3 is 10.1 Å². The van der Waals surface area contributed by atoms with Crippen LogP contribution in [0, 0.1) is 10.1 Å². The normalized spacial score (nSPS) is 9.20. The Morgan fingerprint density at radius 1 is 1.80 bits per heavy atom. The van der Waals surface area contributed by atoms with Crippen LogP contribution in [0.2, 0.25) is 0 Å². The van der Waals surface area contributed by atoms with E-state index in [4.69, 9.17) is 0 Å². The second-order valence-electron chi connectivity index (χ2n) is 1.42. The van der Waals surface area contributed by atoms with Crippen molar-refractivity contribution in [2.75, 3.05) is 0 Å². The van der Waals surface area contributed by atoms with Crippen molar-refractivity contribution in [1.82, 2.24) is 15.1 Å². The van der Waals surface area contributed by atoms with Crippen LogP contribution in [0.3, 0.4) is 0 Å². The molecular weight excluding hydrogens is 140 g/mol. The van der Waals surface area contributed by atoms with Crippen LogP contribution < -0.4 is 0 Å². The van der Waals surface area contributed by atoms with E-state index in [2.05, 4.69) is 10.3 Å². The van der Waals surface area contributed by atoms with Gasteiger partial charge in [0.25, 0.3) is 0 Å². The smallest absolute Gasteiger partial charge is 0.182 e. The number of nitro groups is 1. The molecule has 0 aliphatic heterocycles. The van der Waals surface area contributed by atoms with Crippen molar-refractivity contribution in [2.45, 2.75) is 0 Å². The van der Waals surface area contributed by atoms with Gasteiger partial charge in [-0.25, -0.2) is 0 Å². The average molecular weight is 142 g/mol. The lowest BCUT2D eigenvalue weighted by molar-refractivity contribution is -0.553. The molecule has 0 aliphatic carbocycles. The minimum atomic E-state index is -0.792. The van der Waals surface area contributed by atoms with Gasteiger partial charge in [-0.15, -0.1) is 0 Å². The summed E-state index contributed by atoms with van der Waals surface area (Å²) in [7, 11) is 0. The van der Waals surface area contributed by atoms with Gasteiger partial charge in [0.2, 0.25) is 0 Å². The van der Waals surface area contributed by atoms with E-state index in [0.29, 0.717) is 11.1 Å². The summed E-state index contributed by atoms with van der Waals surface area (Å²) < 4.78 is 0. The second-order valence-corrected chi connectivity index (χ2v) is 1.42. The number of nitrogens with zero attached hydrogens (tertiary/aromatic N) is 4. The summed E-state index contributed by atoms with van der Waals surface area (Å²) in [4.78, 5) is 20.1. The first kappa shape index (κ1) is 6.33. The number of hydrogen-bond acceptors (Lipinski definition) is 5. The standard InChI is InChI=1S/C3H2N4O3/c8-2-3-1-6(5-4-3)7(9)10/h1-2H. The van der Waals surface area contributed by atoms with Gasteiger partial charge >= 0.3 is 0 Å². The maximum Gasteiger partial charge on any atom is 0.182 e. The van der Waals surface area contributed by atoms with Gasteiger partial charge in [0.05, 0.1) is 5.03 Å². The second kappa shape index (κ2) is 2.21. The fraction of sp³-hybridized carbons (Fsp3) is 0. The van der Waals surface area contributed by atoms with Gasteiger partial charge in [-0.3, -0.25) is 4.79 Å². The molecule has 0 spiro atoms. The molecule has 1 heterocycles. The molecule has 0 aromatic carbocycles. The topological polar surface area (TPSA) is 90.9 Å². The molecule has 1 rings (SSSR count). The first-order chi connectivity index (χ1) is 4.74. The number of aromatic nitrogens is 3. The Morgan fingerprint density at radius 3 is 2.80 bits per heavy atom. The minimum absolute atomic E-state index is 0.0586. The third-order valence-electron chi connectivity index (χ3n) is 0.788. The van der Waals surface area contributed by atoms with Crippen molar-refractivity contribution in [3.05, 3.63) is 22.0 Å². The Bertz CT molecular complexity index is 266. The van der Waals surface area contributed by atoms with Gasteiger partial charge in [0.1, 0.15) is 6.20 Å². The molecule has 10 heavy (non-hydrogen) atoms. The molecule has 1 aromatic rings. The summed E-state index contributed by atoms with van der Waals surface area (Å²) in [6.07, 6.45) is 1.31. The fourth-order valence-electron chi connectivity index (χ4n) is 0.401. The van der Waals surface area contributed by atoms with E-state index in [1.165, 1.54) is 0 Å². The predicted molar refractivity (Wildman–Crippen MR) is 27.8 cm³/mol. The van der Waals surface area contributed by atoms with Gasteiger partial charge in [0.15, 0.2) is 17.2 Å². The zero-order valence-corrected chi connectivity index (χ0v) is 4.67. The fourth-order valence-corrected chi connectivity index (χ4v) is 0.401. The van der Waals surface area contributed by atoms with Crippen LogP contribution in [0.1, 0.15) is 10.5 Å². The minimum Gasteiger partial charge on any atom is -0.339 e. The van der Waals surface area contributed by atoms with E-state index < -0.39 is 5.03 Å². The summed E-state index contributed by atoms with van der Waals surface area (Å²) in [5.41, 5.74) is -0.0586. The highest BCUT2D eigenvalue weighted by Gasteiger charge is 2.06. The lowest BCUT2D eigenvalue weighted by atomic mass is 10.6. The largest absolute Gasteiger partial charge is 0.339 e. The molecule has 7 nitrogen and oxygen atoms in total. The molecule has 52 valence electrons. The Morgan fingerprint density at radius 2 is 2.50 bits per heavy atom. The number of rotatable bonds is 2. The maximum absolute atomic E-state index is 9.90. The van der Waals surface area contributed by atoms with Crippen molar-refractivity contribution in [3.8, 4) is 0 Å². The number of carbonyl (C=O) groups is 1. The highest BCUT2D eigenvalue weighted by molar-refractivity contribution is 5.70. The van der Waals surface area contributed by atoms with Gasteiger partial charge in [-0.05, 0) is 5.10 Å². The molecule has 0 aliphatic rings. The van der Waals surface area contributed by atoms with Crippen LogP contribution in [0.4, 0.5) is 0 Å². The summed E-state index contributed by atoms with van der Waals surface area (Å²) in [5.74, 6) is 0. The molecule has 0 unspecified atom stereocenters. The molecule has 0 bridgehead atoms. The number of hydrogen-bond donors (Lipinski definition) is 0. The van der Waals surface area contributed by atoms with Crippen LogP contribution >= 0.6 is 0 Å². The zero-order valence-electron chi connectivity index (χ0n) is 4.67. The van der Waals surface area contributed by atoms with E-state index in [1.807, 2.05) is 0 Å². The van der Waals surface area contributed by atoms with Crippen molar-refractivity contribution < 1.29 is 9.83 Å². The van der Waals surface area contributed by atoms with E-state index >= 15 is 0 Å². The van der Waals surface area contributed by atoms with Crippen LogP contribution in [0.15, 0.2) is 6.20 Å². The molecule has 0 N–H and O–H groups in total. The molecule has 0 saturated heterocycles. The van der Waals surface area contributed by atoms with Gasteiger partial charge in [-0.2, -0.15) is 0 Å². The molecule has 0 saturated carbocycles. The third kappa shape index (κ3) is 0.966. The molecule has 0 amide bonds. The van der Waals surface area contributed by atoms with Crippen LogP contribution in [0.5, 0.6) is 0 Å². The molecule has 1 aromatic heterocycles. The third-order valence-corrected chi connectivity index (χ3v) is 0.788. The van der Waals surface area contributed by atoms with E-state index in [9.17, 15) is 14.9 Å². The Hall–Kier alpha value is -1.79. The summed E-state index contributed by atoms with van der Waals surface area (Å²) in [6, 6.07) is 0. The summed E-state index contributed by atoms with van der Waals surface area (Å²) in [6.45, 7) is 0. The van der Waals surface area contributed by atoms with Crippen molar-refractivity contribution in [3.63, 3.8) is 0 Å². The zero-order chi connectivity index (χ0) is 7.56. The highest BCUT2D eigenvalue weighted by Crippen LogP contribution is 1.85. The Kier molecular flexibility index (Phi) is 1.40. The molecule has 7 heteroatoms. The van der Waals surface area contributed by atoms with Crippen LogP contribution in [-0.4, -0.2) is 26.4 Å². The molecule has 0 atom stereocenters. The van der Waals surface area contributed by atoms with E-state index in [0.717, 1.165) is 6.20 Å². The summed E-state index contributed by atoms with van der Waals surface area (Å²) >= 11 is 0. The first-order valence-electron chi connectivity index (χ1n) is 2.26. The van der Waals surface area contributed by atoms with Crippen molar-refractivity contribution in [1.29, 1.82) is 0 Å². The van der Waals surface area contributed by atoms with E-state index in [-0.39, 0.29) is 5.69 Å².